The molecule has 0 amide bonds. The van der Waals surface area contributed by atoms with Crippen molar-refractivity contribution in [3.8, 4) is 0 Å². The van der Waals surface area contributed by atoms with E-state index in [2.05, 4.69) is 15.2 Å². The lowest BCUT2D eigenvalue weighted by atomic mass is 10.2. The van der Waals surface area contributed by atoms with Gasteiger partial charge in [-0.2, -0.15) is 0 Å². The molecule has 1 saturated heterocycles. The Morgan fingerprint density at radius 3 is 3.24 bits per heavy atom. The summed E-state index contributed by atoms with van der Waals surface area (Å²) < 4.78 is 1.56. The van der Waals surface area contributed by atoms with Gasteiger partial charge in [0.25, 0.3) is 5.56 Å². The Morgan fingerprint density at radius 2 is 2.48 bits per heavy atom. The summed E-state index contributed by atoms with van der Waals surface area (Å²) in [5, 5.41) is 14.6. The highest BCUT2D eigenvalue weighted by molar-refractivity contribution is 7.15. The van der Waals surface area contributed by atoms with Crippen molar-refractivity contribution in [1.29, 1.82) is 0 Å². The molecule has 3 rings (SSSR count). The van der Waals surface area contributed by atoms with Gasteiger partial charge >= 0.3 is 0 Å². The lowest BCUT2D eigenvalue weighted by molar-refractivity contribution is 0.177. The van der Waals surface area contributed by atoms with Gasteiger partial charge in [-0.15, -0.1) is 11.3 Å². The first-order valence-electron chi connectivity index (χ1n) is 7.28. The van der Waals surface area contributed by atoms with Crippen LogP contribution in [-0.4, -0.2) is 51.7 Å². The van der Waals surface area contributed by atoms with Crippen molar-refractivity contribution >= 4 is 16.3 Å². The maximum absolute atomic E-state index is 12.0. The monoisotopic (exact) mass is 308 g/mol. The number of aliphatic hydroxyl groups is 1. The normalized spacial score (nSPS) is 18.9. The number of aromatic nitrogens is 2. The first-order valence-corrected chi connectivity index (χ1v) is 8.16. The van der Waals surface area contributed by atoms with Gasteiger partial charge in [0.2, 0.25) is 0 Å². The quantitative estimate of drug-likeness (QED) is 0.803. The SMILES string of the molecule is O=c1cc(CN(CCO)CC2CCCN2)nc2sccn12. The van der Waals surface area contributed by atoms with Gasteiger partial charge in [-0.3, -0.25) is 14.1 Å². The minimum atomic E-state index is -0.0424. The number of aliphatic hydroxyl groups excluding tert-OH is 1. The third kappa shape index (κ3) is 3.49. The molecule has 0 spiro atoms. The number of nitrogens with one attached hydrogen (secondary N) is 1. The number of nitrogens with zero attached hydrogens (tertiary/aromatic N) is 3. The number of hydrogen-bond donors (Lipinski definition) is 2. The Bertz CT molecular complexity index is 648. The van der Waals surface area contributed by atoms with Crippen molar-refractivity contribution in [2.75, 3.05) is 26.2 Å². The molecule has 0 saturated carbocycles. The average Bonchev–Trinajstić information content (AvgIpc) is 3.10. The van der Waals surface area contributed by atoms with Crippen LogP contribution in [0.25, 0.3) is 4.96 Å². The second-order valence-electron chi connectivity index (χ2n) is 5.39. The molecule has 0 radical (unpaired) electrons. The fourth-order valence-electron chi connectivity index (χ4n) is 2.80. The Kier molecular flexibility index (Phi) is 4.64. The molecule has 2 aromatic rings. The van der Waals surface area contributed by atoms with Crippen molar-refractivity contribution in [3.05, 3.63) is 33.7 Å². The van der Waals surface area contributed by atoms with Gasteiger partial charge in [-0.25, -0.2) is 4.98 Å². The van der Waals surface area contributed by atoms with Crippen LogP contribution in [0.4, 0.5) is 0 Å². The Labute approximate surface area is 127 Å². The van der Waals surface area contributed by atoms with Crippen LogP contribution in [0.2, 0.25) is 0 Å². The third-order valence-electron chi connectivity index (χ3n) is 3.80. The molecule has 0 bridgehead atoms. The second kappa shape index (κ2) is 6.65. The van der Waals surface area contributed by atoms with Crippen molar-refractivity contribution in [2.45, 2.75) is 25.4 Å². The van der Waals surface area contributed by atoms with E-state index in [9.17, 15) is 9.90 Å². The van der Waals surface area contributed by atoms with Crippen molar-refractivity contribution in [1.82, 2.24) is 19.6 Å². The lowest BCUT2D eigenvalue weighted by Gasteiger charge is -2.24. The summed E-state index contributed by atoms with van der Waals surface area (Å²) in [4.78, 5) is 19.4. The standard InChI is InChI=1S/C14H20N4O2S/c19-6-4-17(9-11-2-1-3-15-11)10-12-8-13(20)18-5-7-21-14(18)16-12/h5,7-8,11,15,19H,1-4,6,9-10H2. The van der Waals surface area contributed by atoms with Gasteiger partial charge in [0.1, 0.15) is 0 Å². The molecule has 21 heavy (non-hydrogen) atoms. The molecule has 0 aliphatic carbocycles. The highest BCUT2D eigenvalue weighted by Crippen LogP contribution is 2.11. The third-order valence-corrected chi connectivity index (χ3v) is 4.56. The molecule has 1 atom stereocenters. The number of hydrogen-bond acceptors (Lipinski definition) is 6. The molecule has 1 aliphatic rings. The molecule has 6 nitrogen and oxygen atoms in total. The molecule has 1 unspecified atom stereocenters. The van der Waals surface area contributed by atoms with Gasteiger partial charge in [0.05, 0.1) is 12.3 Å². The number of rotatable bonds is 6. The summed E-state index contributed by atoms with van der Waals surface area (Å²) in [5.41, 5.74) is 0.730. The average molecular weight is 308 g/mol. The van der Waals surface area contributed by atoms with Crippen LogP contribution in [-0.2, 0) is 6.54 Å². The molecule has 2 aromatic heterocycles. The Hall–Kier alpha value is -1.28. The van der Waals surface area contributed by atoms with E-state index in [1.165, 1.54) is 24.2 Å². The van der Waals surface area contributed by atoms with E-state index in [0.717, 1.165) is 23.7 Å². The fourth-order valence-corrected chi connectivity index (χ4v) is 3.54. The maximum Gasteiger partial charge on any atom is 0.258 e. The van der Waals surface area contributed by atoms with Crippen LogP contribution in [0.15, 0.2) is 22.4 Å². The molecule has 2 N–H and O–H groups in total. The Balaban J connectivity index is 1.74. The number of thiazole rings is 1. The summed E-state index contributed by atoms with van der Waals surface area (Å²) >= 11 is 1.46. The van der Waals surface area contributed by atoms with Gasteiger partial charge in [-0.05, 0) is 19.4 Å². The molecular formula is C14H20N4O2S. The van der Waals surface area contributed by atoms with Crippen LogP contribution in [0.1, 0.15) is 18.5 Å². The molecule has 0 aromatic carbocycles. The van der Waals surface area contributed by atoms with E-state index in [1.54, 1.807) is 16.7 Å². The van der Waals surface area contributed by atoms with E-state index in [-0.39, 0.29) is 12.2 Å². The molecule has 3 heterocycles. The smallest absolute Gasteiger partial charge is 0.258 e. The van der Waals surface area contributed by atoms with Crippen molar-refractivity contribution < 1.29 is 5.11 Å². The van der Waals surface area contributed by atoms with Gasteiger partial charge in [0, 0.05) is 43.3 Å². The lowest BCUT2D eigenvalue weighted by Crippen LogP contribution is -2.39. The Morgan fingerprint density at radius 1 is 1.57 bits per heavy atom. The first kappa shape index (κ1) is 14.6. The van der Waals surface area contributed by atoms with Crippen LogP contribution in [0.5, 0.6) is 0 Å². The van der Waals surface area contributed by atoms with Crippen LogP contribution in [0.3, 0.4) is 0 Å². The summed E-state index contributed by atoms with van der Waals surface area (Å²) in [5.74, 6) is 0. The summed E-state index contributed by atoms with van der Waals surface area (Å²) in [6.45, 7) is 3.27. The van der Waals surface area contributed by atoms with Gasteiger partial charge in [0.15, 0.2) is 4.96 Å². The second-order valence-corrected chi connectivity index (χ2v) is 6.27. The van der Waals surface area contributed by atoms with Crippen molar-refractivity contribution in [2.24, 2.45) is 0 Å². The van der Waals surface area contributed by atoms with Crippen LogP contribution in [0, 0.1) is 0 Å². The maximum atomic E-state index is 12.0. The topological polar surface area (TPSA) is 69.9 Å². The fraction of sp³-hybridized carbons (Fsp3) is 0.571. The predicted molar refractivity (Wildman–Crippen MR) is 82.7 cm³/mol. The van der Waals surface area contributed by atoms with E-state index >= 15 is 0 Å². The molecule has 1 fully saturated rings. The first-order chi connectivity index (χ1) is 10.3. The van der Waals surface area contributed by atoms with E-state index in [1.807, 2.05) is 5.38 Å². The minimum absolute atomic E-state index is 0.0424. The molecule has 1 aliphatic heterocycles. The van der Waals surface area contributed by atoms with Crippen molar-refractivity contribution in [3.63, 3.8) is 0 Å². The zero-order valence-electron chi connectivity index (χ0n) is 11.9. The van der Waals surface area contributed by atoms with E-state index < -0.39 is 0 Å². The largest absolute Gasteiger partial charge is 0.395 e. The zero-order valence-corrected chi connectivity index (χ0v) is 12.7. The molecule has 114 valence electrons. The van der Waals surface area contributed by atoms with E-state index in [0.29, 0.717) is 19.1 Å². The molecule has 7 heteroatoms. The van der Waals surface area contributed by atoms with Crippen LogP contribution >= 0.6 is 11.3 Å². The zero-order chi connectivity index (χ0) is 14.7. The summed E-state index contributed by atoms with van der Waals surface area (Å²) in [6.07, 6.45) is 4.12. The minimum Gasteiger partial charge on any atom is -0.395 e. The molecular weight excluding hydrogens is 288 g/mol. The van der Waals surface area contributed by atoms with E-state index in [4.69, 9.17) is 0 Å². The summed E-state index contributed by atoms with van der Waals surface area (Å²) in [6, 6.07) is 2.06. The number of fused-ring (bicyclic) bond motifs is 1. The highest BCUT2D eigenvalue weighted by Gasteiger charge is 2.18. The van der Waals surface area contributed by atoms with Gasteiger partial charge in [-0.1, -0.05) is 0 Å². The predicted octanol–water partition coefficient (Wildman–Crippen LogP) is 0.302. The highest BCUT2D eigenvalue weighted by atomic mass is 32.1. The van der Waals surface area contributed by atoms with Gasteiger partial charge < -0.3 is 10.4 Å². The van der Waals surface area contributed by atoms with Crippen LogP contribution < -0.4 is 10.9 Å². The summed E-state index contributed by atoms with van der Waals surface area (Å²) in [7, 11) is 0.